The van der Waals surface area contributed by atoms with Crippen LogP contribution in [0.3, 0.4) is 0 Å². The van der Waals surface area contributed by atoms with Crippen LogP contribution in [0, 0.1) is 5.92 Å². The van der Waals surface area contributed by atoms with Crippen LogP contribution in [0.1, 0.15) is 30.3 Å². The number of hydrogen-bond donors (Lipinski definition) is 2. The third-order valence-corrected chi connectivity index (χ3v) is 3.61. The van der Waals surface area contributed by atoms with Gasteiger partial charge in [0.25, 0.3) is 0 Å². The first-order valence-corrected chi connectivity index (χ1v) is 6.27. The van der Waals surface area contributed by atoms with E-state index in [0.29, 0.717) is 5.92 Å². The van der Waals surface area contributed by atoms with Crippen molar-refractivity contribution in [3.05, 3.63) is 17.8 Å². The number of hydrogen-bond acceptors (Lipinski definition) is 4. The van der Waals surface area contributed by atoms with Gasteiger partial charge in [-0.15, -0.1) is 0 Å². The average molecular weight is 221 g/mol. The van der Waals surface area contributed by atoms with Gasteiger partial charge in [-0.2, -0.15) is 0 Å². The zero-order chi connectivity index (χ0) is 10.8. The van der Waals surface area contributed by atoms with Gasteiger partial charge in [0.15, 0.2) is 5.89 Å². The minimum absolute atomic E-state index is 0.561. The number of rotatable bonds is 3. The lowest BCUT2D eigenvalue weighted by Crippen LogP contribution is -2.43. The predicted molar refractivity (Wildman–Crippen MR) is 61.4 cm³/mol. The highest BCUT2D eigenvalue weighted by Gasteiger charge is 2.22. The van der Waals surface area contributed by atoms with E-state index < -0.39 is 0 Å². The van der Waals surface area contributed by atoms with Crippen molar-refractivity contribution in [3.63, 3.8) is 0 Å². The molecule has 2 aliphatic heterocycles. The van der Waals surface area contributed by atoms with E-state index in [0.717, 1.165) is 50.1 Å². The van der Waals surface area contributed by atoms with Gasteiger partial charge in [0.05, 0.1) is 5.69 Å². The van der Waals surface area contributed by atoms with Crippen molar-refractivity contribution < 1.29 is 4.42 Å². The molecule has 1 atom stereocenters. The monoisotopic (exact) mass is 221 g/mol. The molecular formula is C12H19N3O. The molecule has 0 radical (unpaired) electrons. The second-order valence-corrected chi connectivity index (χ2v) is 4.94. The maximum atomic E-state index is 5.56. The van der Waals surface area contributed by atoms with E-state index in [4.69, 9.17) is 4.42 Å². The molecule has 0 spiro atoms. The maximum Gasteiger partial charge on any atom is 0.194 e. The molecule has 2 fully saturated rings. The topological polar surface area (TPSA) is 50.1 Å². The fraction of sp³-hybridized carbons (Fsp3) is 0.750. The van der Waals surface area contributed by atoms with Gasteiger partial charge in [-0.3, -0.25) is 0 Å². The summed E-state index contributed by atoms with van der Waals surface area (Å²) in [7, 11) is 0. The second kappa shape index (κ2) is 4.55. The van der Waals surface area contributed by atoms with Gasteiger partial charge >= 0.3 is 0 Å². The van der Waals surface area contributed by atoms with Crippen LogP contribution >= 0.6 is 0 Å². The summed E-state index contributed by atoms with van der Waals surface area (Å²) < 4.78 is 5.56. The Balaban J connectivity index is 1.61. The number of nitrogens with one attached hydrogen (secondary N) is 2. The molecule has 0 aliphatic carbocycles. The molecule has 0 saturated carbocycles. The van der Waals surface area contributed by atoms with Crippen molar-refractivity contribution >= 4 is 0 Å². The fourth-order valence-electron chi connectivity index (χ4n) is 2.45. The van der Waals surface area contributed by atoms with Crippen molar-refractivity contribution in [2.75, 3.05) is 26.2 Å². The fourth-order valence-corrected chi connectivity index (χ4v) is 2.45. The Morgan fingerprint density at radius 2 is 2.25 bits per heavy atom. The quantitative estimate of drug-likeness (QED) is 0.796. The van der Waals surface area contributed by atoms with E-state index in [1.807, 2.05) is 6.26 Å². The summed E-state index contributed by atoms with van der Waals surface area (Å²) in [5.74, 6) is 2.22. The van der Waals surface area contributed by atoms with Crippen molar-refractivity contribution in [1.29, 1.82) is 0 Å². The molecular weight excluding hydrogens is 202 g/mol. The molecule has 2 aliphatic rings. The molecule has 1 aromatic rings. The minimum Gasteiger partial charge on any atom is -0.449 e. The predicted octanol–water partition coefficient (Wildman–Crippen LogP) is 0.903. The maximum absolute atomic E-state index is 5.56. The number of piperidine rings is 1. The van der Waals surface area contributed by atoms with Crippen molar-refractivity contribution in [2.24, 2.45) is 5.92 Å². The zero-order valence-corrected chi connectivity index (χ0v) is 9.54. The van der Waals surface area contributed by atoms with Crippen LogP contribution in [0.4, 0.5) is 0 Å². The molecule has 3 rings (SSSR count). The molecule has 2 N–H and O–H groups in total. The van der Waals surface area contributed by atoms with E-state index in [1.165, 1.54) is 12.8 Å². The number of aromatic nitrogens is 1. The van der Waals surface area contributed by atoms with Crippen LogP contribution < -0.4 is 10.6 Å². The highest BCUT2D eigenvalue weighted by Crippen LogP contribution is 2.23. The average Bonchev–Trinajstić information content (AvgIpc) is 2.73. The molecule has 1 unspecified atom stereocenters. The Morgan fingerprint density at radius 1 is 1.31 bits per heavy atom. The van der Waals surface area contributed by atoms with Gasteiger partial charge in [-0.05, 0) is 38.4 Å². The summed E-state index contributed by atoms with van der Waals surface area (Å²) in [5, 5.41) is 6.69. The highest BCUT2D eigenvalue weighted by molar-refractivity contribution is 5.07. The van der Waals surface area contributed by atoms with Crippen LogP contribution in [0.15, 0.2) is 10.7 Å². The highest BCUT2D eigenvalue weighted by atomic mass is 16.3. The van der Waals surface area contributed by atoms with Crippen LogP contribution in [0.25, 0.3) is 0 Å². The summed E-state index contributed by atoms with van der Waals surface area (Å²) in [4.78, 5) is 4.62. The van der Waals surface area contributed by atoms with E-state index in [9.17, 15) is 0 Å². The largest absolute Gasteiger partial charge is 0.449 e. The Kier molecular flexibility index (Phi) is 2.93. The van der Waals surface area contributed by atoms with E-state index in [2.05, 4.69) is 15.6 Å². The minimum atomic E-state index is 0.561. The van der Waals surface area contributed by atoms with Crippen molar-refractivity contribution in [1.82, 2.24) is 15.6 Å². The third-order valence-electron chi connectivity index (χ3n) is 3.61. The Hall–Kier alpha value is -0.870. The van der Waals surface area contributed by atoms with E-state index in [-0.39, 0.29) is 0 Å². The second-order valence-electron chi connectivity index (χ2n) is 4.94. The summed E-state index contributed by atoms with van der Waals surface area (Å²) >= 11 is 0. The van der Waals surface area contributed by atoms with Crippen molar-refractivity contribution in [3.8, 4) is 0 Å². The van der Waals surface area contributed by atoms with Gasteiger partial charge in [-0.1, -0.05) is 0 Å². The molecule has 1 aromatic heterocycles. The third kappa shape index (κ3) is 2.13. The number of oxazole rings is 1. The van der Waals surface area contributed by atoms with Crippen LogP contribution in [-0.4, -0.2) is 31.2 Å². The molecule has 4 heteroatoms. The SMILES string of the molecule is c1oc(CC2CNC2)nc1C1CCCNC1. The van der Waals surface area contributed by atoms with Crippen LogP contribution in [0.5, 0.6) is 0 Å². The first kappa shape index (κ1) is 10.3. The Bertz CT molecular complexity index is 340. The number of nitrogens with zero attached hydrogens (tertiary/aromatic N) is 1. The Labute approximate surface area is 95.8 Å². The van der Waals surface area contributed by atoms with Gasteiger partial charge in [0.1, 0.15) is 6.26 Å². The summed E-state index contributed by atoms with van der Waals surface area (Å²) in [6.45, 7) is 4.43. The van der Waals surface area contributed by atoms with Crippen LogP contribution in [-0.2, 0) is 6.42 Å². The van der Waals surface area contributed by atoms with Gasteiger partial charge in [0, 0.05) is 18.9 Å². The normalized spacial score (nSPS) is 26.6. The van der Waals surface area contributed by atoms with E-state index in [1.54, 1.807) is 0 Å². The Morgan fingerprint density at radius 3 is 2.94 bits per heavy atom. The molecule has 3 heterocycles. The molecule has 16 heavy (non-hydrogen) atoms. The molecule has 0 bridgehead atoms. The van der Waals surface area contributed by atoms with E-state index >= 15 is 0 Å². The lowest BCUT2D eigenvalue weighted by molar-refractivity contribution is 0.318. The molecule has 88 valence electrons. The smallest absolute Gasteiger partial charge is 0.194 e. The zero-order valence-electron chi connectivity index (χ0n) is 9.54. The lowest BCUT2D eigenvalue weighted by Gasteiger charge is -2.25. The van der Waals surface area contributed by atoms with Crippen LogP contribution in [0.2, 0.25) is 0 Å². The van der Waals surface area contributed by atoms with Crippen molar-refractivity contribution in [2.45, 2.75) is 25.2 Å². The molecule has 4 nitrogen and oxygen atoms in total. The molecule has 0 aromatic carbocycles. The summed E-state index contributed by atoms with van der Waals surface area (Å²) in [5.41, 5.74) is 1.15. The van der Waals surface area contributed by atoms with Gasteiger partial charge < -0.3 is 15.1 Å². The van der Waals surface area contributed by atoms with Gasteiger partial charge in [0.2, 0.25) is 0 Å². The van der Waals surface area contributed by atoms with Gasteiger partial charge in [-0.25, -0.2) is 4.98 Å². The summed E-state index contributed by atoms with van der Waals surface area (Å²) in [6, 6.07) is 0. The molecule has 2 saturated heterocycles. The lowest BCUT2D eigenvalue weighted by atomic mass is 9.97. The first-order chi connectivity index (χ1) is 7.92. The standard InChI is InChI=1S/C12H19N3O/c1-2-10(7-13-3-1)11-8-16-12(15-11)4-9-5-14-6-9/h8-10,13-14H,1-7H2. The first-order valence-electron chi connectivity index (χ1n) is 6.27. The summed E-state index contributed by atoms with van der Waals surface area (Å²) in [6.07, 6.45) is 5.34. The molecule has 0 amide bonds.